The van der Waals surface area contributed by atoms with Crippen molar-refractivity contribution in [1.82, 2.24) is 0 Å². The van der Waals surface area contributed by atoms with Crippen molar-refractivity contribution < 1.29 is 13.2 Å². The second-order valence-electron chi connectivity index (χ2n) is 2.72. The van der Waals surface area contributed by atoms with Gasteiger partial charge in [0.05, 0.1) is 6.42 Å². The van der Waals surface area contributed by atoms with Crippen LogP contribution >= 0.6 is 0 Å². The Morgan fingerprint density at radius 2 is 1.91 bits per heavy atom. The molecule has 0 aromatic carbocycles. The molecule has 0 aliphatic heterocycles. The summed E-state index contributed by atoms with van der Waals surface area (Å²) >= 11 is 0. The molecule has 11 heavy (non-hydrogen) atoms. The molecule has 0 heterocycles. The average molecular weight is 169 g/mol. The summed E-state index contributed by atoms with van der Waals surface area (Å²) in [5.74, 6) is 0. The Kier molecular flexibility index (Phi) is 4.49. The van der Waals surface area contributed by atoms with E-state index in [4.69, 9.17) is 5.73 Å². The summed E-state index contributed by atoms with van der Waals surface area (Å²) in [5.41, 5.74) is 5.23. The summed E-state index contributed by atoms with van der Waals surface area (Å²) < 4.78 is 35.0. The van der Waals surface area contributed by atoms with Gasteiger partial charge in [0.25, 0.3) is 0 Å². The van der Waals surface area contributed by atoms with Crippen LogP contribution in [0.25, 0.3) is 0 Å². The fourth-order valence-electron chi connectivity index (χ4n) is 0.866. The van der Waals surface area contributed by atoms with Crippen molar-refractivity contribution in [3.63, 3.8) is 0 Å². The zero-order valence-corrected chi connectivity index (χ0v) is 6.62. The normalized spacial score (nSPS) is 15.0. The molecule has 4 heteroatoms. The first kappa shape index (κ1) is 10.8. The first-order valence-corrected chi connectivity index (χ1v) is 3.78. The molecule has 0 saturated heterocycles. The Morgan fingerprint density at radius 3 is 2.27 bits per heavy atom. The fraction of sp³-hybridized carbons (Fsp3) is 1.00. The maximum Gasteiger partial charge on any atom is 0.390 e. The average Bonchev–Trinajstić information content (AvgIpc) is 1.79. The molecule has 1 atom stereocenters. The van der Waals surface area contributed by atoms with Crippen molar-refractivity contribution in [2.75, 3.05) is 0 Å². The standard InChI is InChI=1S/C7H14F3N/c1-2-3-4-6(11)5-7(8,9)10/h6H,2-5,11H2,1H3. The SMILES string of the molecule is CCCCC(N)CC(F)(F)F. The summed E-state index contributed by atoms with van der Waals surface area (Å²) in [4.78, 5) is 0. The van der Waals surface area contributed by atoms with E-state index in [-0.39, 0.29) is 0 Å². The second-order valence-corrected chi connectivity index (χ2v) is 2.72. The van der Waals surface area contributed by atoms with E-state index in [9.17, 15) is 13.2 Å². The minimum absolute atomic E-state index is 0.468. The Bertz CT molecular complexity index is 100. The van der Waals surface area contributed by atoms with Gasteiger partial charge in [-0.25, -0.2) is 0 Å². The summed E-state index contributed by atoms with van der Waals surface area (Å²) in [5, 5.41) is 0. The van der Waals surface area contributed by atoms with Gasteiger partial charge < -0.3 is 5.73 Å². The molecule has 0 aromatic heterocycles. The molecule has 1 unspecified atom stereocenters. The van der Waals surface area contributed by atoms with E-state index in [2.05, 4.69) is 0 Å². The van der Waals surface area contributed by atoms with Gasteiger partial charge in [0.1, 0.15) is 0 Å². The fourth-order valence-corrected chi connectivity index (χ4v) is 0.866. The van der Waals surface area contributed by atoms with Gasteiger partial charge in [-0.3, -0.25) is 0 Å². The van der Waals surface area contributed by atoms with Gasteiger partial charge in [0.2, 0.25) is 0 Å². The monoisotopic (exact) mass is 169 g/mol. The Morgan fingerprint density at radius 1 is 1.36 bits per heavy atom. The Labute approximate surface area is 64.8 Å². The number of nitrogens with two attached hydrogens (primary N) is 1. The van der Waals surface area contributed by atoms with E-state index in [1.54, 1.807) is 0 Å². The van der Waals surface area contributed by atoms with Crippen LogP contribution in [0.3, 0.4) is 0 Å². The molecular weight excluding hydrogens is 155 g/mol. The predicted molar refractivity (Wildman–Crippen MR) is 38.2 cm³/mol. The summed E-state index contributed by atoms with van der Waals surface area (Å²) in [6.45, 7) is 1.93. The van der Waals surface area contributed by atoms with Crippen LogP contribution in [-0.2, 0) is 0 Å². The second kappa shape index (κ2) is 4.59. The lowest BCUT2D eigenvalue weighted by Gasteiger charge is -2.12. The highest BCUT2D eigenvalue weighted by Crippen LogP contribution is 2.22. The van der Waals surface area contributed by atoms with Crippen LogP contribution in [0.15, 0.2) is 0 Å². The summed E-state index contributed by atoms with van der Waals surface area (Å²) in [6, 6.07) is -0.713. The molecule has 0 saturated carbocycles. The van der Waals surface area contributed by atoms with Crippen LogP contribution in [0, 0.1) is 0 Å². The van der Waals surface area contributed by atoms with Crippen LogP contribution in [0.1, 0.15) is 32.6 Å². The van der Waals surface area contributed by atoms with Crippen LogP contribution < -0.4 is 5.73 Å². The summed E-state index contributed by atoms with van der Waals surface area (Å²) in [6.07, 6.45) is -2.82. The molecular formula is C7H14F3N. The molecule has 0 radical (unpaired) electrons. The molecule has 0 rings (SSSR count). The van der Waals surface area contributed by atoms with Crippen LogP contribution in [-0.4, -0.2) is 12.2 Å². The van der Waals surface area contributed by atoms with Gasteiger partial charge in [0.15, 0.2) is 0 Å². The molecule has 0 aliphatic carbocycles. The lowest BCUT2D eigenvalue weighted by molar-refractivity contribution is -0.138. The lowest BCUT2D eigenvalue weighted by atomic mass is 10.1. The third-order valence-electron chi connectivity index (χ3n) is 1.42. The molecule has 68 valence electrons. The molecule has 0 fully saturated rings. The number of alkyl halides is 3. The van der Waals surface area contributed by atoms with E-state index < -0.39 is 18.6 Å². The molecule has 0 spiro atoms. The zero-order chi connectivity index (χ0) is 8.91. The first-order chi connectivity index (χ1) is 4.95. The van der Waals surface area contributed by atoms with Gasteiger partial charge in [0, 0.05) is 6.04 Å². The van der Waals surface area contributed by atoms with Crippen LogP contribution in [0.4, 0.5) is 13.2 Å². The zero-order valence-electron chi connectivity index (χ0n) is 6.62. The van der Waals surface area contributed by atoms with E-state index in [1.807, 2.05) is 6.92 Å². The topological polar surface area (TPSA) is 26.0 Å². The van der Waals surface area contributed by atoms with Crippen molar-refractivity contribution >= 4 is 0 Å². The smallest absolute Gasteiger partial charge is 0.327 e. The van der Waals surface area contributed by atoms with Gasteiger partial charge in [-0.05, 0) is 6.42 Å². The third-order valence-corrected chi connectivity index (χ3v) is 1.42. The van der Waals surface area contributed by atoms with Crippen LogP contribution in [0.2, 0.25) is 0 Å². The highest BCUT2D eigenvalue weighted by Gasteiger charge is 2.29. The largest absolute Gasteiger partial charge is 0.390 e. The number of hydrogen-bond acceptors (Lipinski definition) is 1. The Balaban J connectivity index is 3.44. The number of halogens is 3. The molecule has 2 N–H and O–H groups in total. The van der Waals surface area contributed by atoms with Crippen molar-refractivity contribution in [2.45, 2.75) is 44.8 Å². The predicted octanol–water partition coefficient (Wildman–Crippen LogP) is 2.46. The molecule has 0 bridgehead atoms. The van der Waals surface area contributed by atoms with E-state index in [0.29, 0.717) is 6.42 Å². The number of rotatable bonds is 4. The van der Waals surface area contributed by atoms with Crippen molar-refractivity contribution in [3.05, 3.63) is 0 Å². The molecule has 0 aromatic rings. The Hall–Kier alpha value is -0.250. The number of unbranched alkanes of at least 4 members (excludes halogenated alkanes) is 1. The highest BCUT2D eigenvalue weighted by molar-refractivity contribution is 4.65. The number of hydrogen-bond donors (Lipinski definition) is 1. The lowest BCUT2D eigenvalue weighted by Crippen LogP contribution is -2.27. The van der Waals surface area contributed by atoms with E-state index >= 15 is 0 Å². The minimum atomic E-state index is -4.10. The molecule has 0 aliphatic rings. The van der Waals surface area contributed by atoms with Gasteiger partial charge >= 0.3 is 6.18 Å². The molecule has 0 amide bonds. The quantitative estimate of drug-likeness (QED) is 0.687. The first-order valence-electron chi connectivity index (χ1n) is 3.78. The molecule has 1 nitrogen and oxygen atoms in total. The maximum absolute atomic E-state index is 11.7. The van der Waals surface area contributed by atoms with E-state index in [1.165, 1.54) is 0 Å². The van der Waals surface area contributed by atoms with Crippen LogP contribution in [0.5, 0.6) is 0 Å². The van der Waals surface area contributed by atoms with Crippen molar-refractivity contribution in [2.24, 2.45) is 5.73 Å². The van der Waals surface area contributed by atoms with E-state index in [0.717, 1.165) is 12.8 Å². The highest BCUT2D eigenvalue weighted by atomic mass is 19.4. The maximum atomic E-state index is 11.7. The van der Waals surface area contributed by atoms with Gasteiger partial charge in [-0.1, -0.05) is 19.8 Å². The van der Waals surface area contributed by atoms with Gasteiger partial charge in [-0.2, -0.15) is 13.2 Å². The summed E-state index contributed by atoms with van der Waals surface area (Å²) in [7, 11) is 0. The van der Waals surface area contributed by atoms with Gasteiger partial charge in [-0.15, -0.1) is 0 Å². The van der Waals surface area contributed by atoms with Crippen molar-refractivity contribution in [3.8, 4) is 0 Å². The van der Waals surface area contributed by atoms with Crippen molar-refractivity contribution in [1.29, 1.82) is 0 Å². The third kappa shape index (κ3) is 7.65. The minimum Gasteiger partial charge on any atom is -0.327 e.